The van der Waals surface area contributed by atoms with E-state index >= 15 is 0 Å². The molecule has 34 heavy (non-hydrogen) atoms. The number of ether oxygens (including phenoxy) is 2. The predicted molar refractivity (Wildman–Crippen MR) is 131 cm³/mol. The number of halogens is 1. The van der Waals surface area contributed by atoms with E-state index in [4.69, 9.17) is 21.1 Å². The molecule has 0 aliphatic carbocycles. The second-order valence-electron chi connectivity index (χ2n) is 8.09. The molecule has 3 aromatic carbocycles. The van der Waals surface area contributed by atoms with Gasteiger partial charge < -0.3 is 14.6 Å². The summed E-state index contributed by atoms with van der Waals surface area (Å²) in [4.78, 5) is 27.9. The van der Waals surface area contributed by atoms with Crippen LogP contribution in [0.5, 0.6) is 11.5 Å². The molecule has 0 spiro atoms. The van der Waals surface area contributed by atoms with Crippen molar-refractivity contribution in [2.45, 2.75) is 26.0 Å². The second-order valence-corrected chi connectivity index (χ2v) is 8.49. The fraction of sp³-hybridized carbons (Fsp3) is 0.185. The van der Waals surface area contributed by atoms with E-state index in [-0.39, 0.29) is 28.0 Å². The number of carbonyl (C=O) groups excluding carboxylic acids is 2. The smallest absolute Gasteiger partial charge is 0.300 e. The van der Waals surface area contributed by atoms with Crippen molar-refractivity contribution >= 4 is 34.7 Å². The molecular weight excluding hydrogens is 454 g/mol. The van der Waals surface area contributed by atoms with Gasteiger partial charge in [-0.1, -0.05) is 41.9 Å². The van der Waals surface area contributed by atoms with Crippen LogP contribution in [-0.4, -0.2) is 30.0 Å². The molecule has 4 rings (SSSR count). The molecule has 1 aliphatic heterocycles. The predicted octanol–water partition coefficient (Wildman–Crippen LogP) is 5.76. The number of anilines is 1. The van der Waals surface area contributed by atoms with Crippen LogP contribution in [0.25, 0.3) is 5.76 Å². The number of aliphatic hydroxyl groups excluding tert-OH is 1. The van der Waals surface area contributed by atoms with Crippen LogP contribution in [0.3, 0.4) is 0 Å². The zero-order valence-electron chi connectivity index (χ0n) is 19.0. The molecule has 0 bridgehead atoms. The molecule has 1 unspecified atom stereocenters. The Morgan fingerprint density at radius 3 is 2.24 bits per heavy atom. The number of carbonyl (C=O) groups is 2. The van der Waals surface area contributed by atoms with Crippen molar-refractivity contribution in [1.29, 1.82) is 0 Å². The van der Waals surface area contributed by atoms with Gasteiger partial charge in [0.1, 0.15) is 17.3 Å². The van der Waals surface area contributed by atoms with Crippen LogP contribution < -0.4 is 14.4 Å². The average Bonchev–Trinajstić information content (AvgIpc) is 3.10. The number of aliphatic hydroxyl groups is 1. The Morgan fingerprint density at radius 1 is 0.971 bits per heavy atom. The Morgan fingerprint density at radius 2 is 1.62 bits per heavy atom. The molecule has 3 aromatic rings. The SMILES string of the molecule is COc1ccc(Cl)c(/C(O)=C2\C(=O)C(=O)N(c3ccccc3)C2c2ccc(OC(C)C)cc2)c1. The monoisotopic (exact) mass is 477 g/mol. The summed E-state index contributed by atoms with van der Waals surface area (Å²) in [6.45, 7) is 3.85. The van der Waals surface area contributed by atoms with Gasteiger partial charge in [0, 0.05) is 11.3 Å². The first-order valence-corrected chi connectivity index (χ1v) is 11.2. The van der Waals surface area contributed by atoms with E-state index in [1.54, 1.807) is 60.7 Å². The van der Waals surface area contributed by atoms with Gasteiger partial charge in [-0.2, -0.15) is 0 Å². The lowest BCUT2D eigenvalue weighted by Crippen LogP contribution is -2.29. The number of rotatable bonds is 6. The molecule has 1 amide bonds. The molecule has 1 saturated heterocycles. The van der Waals surface area contributed by atoms with E-state index in [0.717, 1.165) is 0 Å². The van der Waals surface area contributed by atoms with Crippen LogP contribution in [0.15, 0.2) is 78.4 Å². The Labute approximate surface area is 203 Å². The van der Waals surface area contributed by atoms with Crippen molar-refractivity contribution in [2.24, 2.45) is 0 Å². The number of amides is 1. The van der Waals surface area contributed by atoms with Gasteiger partial charge in [-0.25, -0.2) is 0 Å². The highest BCUT2D eigenvalue weighted by molar-refractivity contribution is 6.52. The first-order valence-electron chi connectivity index (χ1n) is 10.8. The Hall–Kier alpha value is -3.77. The molecule has 7 heteroatoms. The minimum Gasteiger partial charge on any atom is -0.507 e. The van der Waals surface area contributed by atoms with E-state index in [9.17, 15) is 14.7 Å². The highest BCUT2D eigenvalue weighted by Gasteiger charge is 2.47. The molecule has 1 N–H and O–H groups in total. The summed E-state index contributed by atoms with van der Waals surface area (Å²) >= 11 is 6.35. The summed E-state index contributed by atoms with van der Waals surface area (Å²) in [5, 5.41) is 11.5. The highest BCUT2D eigenvalue weighted by atomic mass is 35.5. The number of benzene rings is 3. The number of nitrogens with zero attached hydrogens (tertiary/aromatic N) is 1. The number of ketones is 1. The van der Waals surface area contributed by atoms with Gasteiger partial charge >= 0.3 is 0 Å². The molecule has 6 nitrogen and oxygen atoms in total. The van der Waals surface area contributed by atoms with Crippen LogP contribution in [0, 0.1) is 0 Å². The Bertz CT molecular complexity index is 1250. The van der Waals surface area contributed by atoms with E-state index < -0.39 is 17.7 Å². The van der Waals surface area contributed by atoms with Crippen molar-refractivity contribution in [3.05, 3.63) is 94.5 Å². The lowest BCUT2D eigenvalue weighted by molar-refractivity contribution is -0.132. The van der Waals surface area contributed by atoms with Crippen LogP contribution in [-0.2, 0) is 9.59 Å². The van der Waals surface area contributed by atoms with Gasteiger partial charge in [0.25, 0.3) is 11.7 Å². The highest BCUT2D eigenvalue weighted by Crippen LogP contribution is 2.43. The molecule has 1 heterocycles. The first-order chi connectivity index (χ1) is 16.3. The van der Waals surface area contributed by atoms with Gasteiger partial charge in [-0.3, -0.25) is 14.5 Å². The fourth-order valence-corrected chi connectivity index (χ4v) is 4.17. The Balaban J connectivity index is 1.91. The number of hydrogen-bond acceptors (Lipinski definition) is 5. The zero-order valence-corrected chi connectivity index (χ0v) is 19.7. The number of Topliss-reactive ketones (excluding diaryl/α,β-unsaturated/α-hetero) is 1. The second kappa shape index (κ2) is 9.61. The van der Waals surface area contributed by atoms with Crippen LogP contribution >= 0.6 is 11.6 Å². The van der Waals surface area contributed by atoms with Gasteiger partial charge in [0.2, 0.25) is 0 Å². The number of methoxy groups -OCH3 is 1. The van der Waals surface area contributed by atoms with Gasteiger partial charge in [-0.15, -0.1) is 0 Å². The first kappa shape index (κ1) is 23.4. The average molecular weight is 478 g/mol. The molecular formula is C27H24ClNO5. The van der Waals surface area contributed by atoms with Crippen LogP contribution in [0.1, 0.15) is 31.0 Å². The van der Waals surface area contributed by atoms with Crippen LogP contribution in [0.4, 0.5) is 5.69 Å². The summed E-state index contributed by atoms with van der Waals surface area (Å²) in [6, 6.07) is 19.9. The third-order valence-electron chi connectivity index (χ3n) is 5.48. The largest absolute Gasteiger partial charge is 0.507 e. The third-order valence-corrected chi connectivity index (χ3v) is 5.80. The van der Waals surface area contributed by atoms with Crippen molar-refractivity contribution in [3.63, 3.8) is 0 Å². The molecule has 0 radical (unpaired) electrons. The van der Waals surface area contributed by atoms with Gasteiger partial charge in [-0.05, 0) is 61.9 Å². The topological polar surface area (TPSA) is 76.1 Å². The molecule has 1 fully saturated rings. The third kappa shape index (κ3) is 4.37. The fourth-order valence-electron chi connectivity index (χ4n) is 3.96. The minimum absolute atomic E-state index is 0.00370. The molecule has 0 saturated carbocycles. The van der Waals surface area contributed by atoms with Crippen molar-refractivity contribution in [2.75, 3.05) is 12.0 Å². The standard InChI is InChI=1S/C27H24ClNO5/c1-16(2)34-19-11-9-17(10-12-19)24-23(25(30)21-15-20(33-3)13-14-22(21)28)26(31)27(32)29(24)18-7-5-4-6-8-18/h4-16,24,30H,1-3H3/b25-23+. The lowest BCUT2D eigenvalue weighted by Gasteiger charge is -2.25. The van der Waals surface area contributed by atoms with E-state index in [1.807, 2.05) is 19.9 Å². The zero-order chi connectivity index (χ0) is 24.4. The van der Waals surface area contributed by atoms with Gasteiger partial charge in [0.05, 0.1) is 29.9 Å². The quantitative estimate of drug-likeness (QED) is 0.277. The molecule has 174 valence electrons. The normalized spacial score (nSPS) is 17.3. The van der Waals surface area contributed by atoms with E-state index in [2.05, 4.69) is 0 Å². The molecule has 1 atom stereocenters. The molecule has 0 aromatic heterocycles. The summed E-state index contributed by atoms with van der Waals surface area (Å²) in [6.07, 6.45) is -0.00370. The van der Waals surface area contributed by atoms with Crippen LogP contribution in [0.2, 0.25) is 5.02 Å². The van der Waals surface area contributed by atoms with Gasteiger partial charge in [0.15, 0.2) is 0 Å². The maximum atomic E-state index is 13.3. The lowest BCUT2D eigenvalue weighted by atomic mass is 9.95. The van der Waals surface area contributed by atoms with Crippen molar-refractivity contribution in [1.82, 2.24) is 0 Å². The summed E-state index contributed by atoms with van der Waals surface area (Å²) in [5.41, 5.74) is 1.32. The van der Waals surface area contributed by atoms with E-state index in [1.165, 1.54) is 18.1 Å². The minimum atomic E-state index is -0.863. The summed E-state index contributed by atoms with van der Waals surface area (Å²) in [5.74, 6) is -0.790. The van der Waals surface area contributed by atoms with E-state index in [0.29, 0.717) is 22.7 Å². The summed E-state index contributed by atoms with van der Waals surface area (Å²) < 4.78 is 11.0. The van der Waals surface area contributed by atoms with Crippen molar-refractivity contribution < 1.29 is 24.2 Å². The Kier molecular flexibility index (Phi) is 6.61. The van der Waals surface area contributed by atoms with Crippen molar-refractivity contribution in [3.8, 4) is 11.5 Å². The number of hydrogen-bond donors (Lipinski definition) is 1. The maximum absolute atomic E-state index is 13.3. The number of para-hydroxylation sites is 1. The maximum Gasteiger partial charge on any atom is 0.300 e. The molecule has 1 aliphatic rings. The summed E-state index contributed by atoms with van der Waals surface area (Å²) in [7, 11) is 1.49.